The quantitative estimate of drug-likeness (QED) is 0.521. The van der Waals surface area contributed by atoms with E-state index in [2.05, 4.69) is 10.3 Å². The fourth-order valence-electron chi connectivity index (χ4n) is 2.18. The number of nitrogens with two attached hydrogens (primary N) is 1. The van der Waals surface area contributed by atoms with Gasteiger partial charge in [0.2, 0.25) is 0 Å². The van der Waals surface area contributed by atoms with Crippen LogP contribution in [0.25, 0.3) is 0 Å². The molecule has 0 aliphatic carbocycles. The van der Waals surface area contributed by atoms with Crippen molar-refractivity contribution in [3.8, 4) is 0 Å². The molecule has 9 nitrogen and oxygen atoms in total. The van der Waals surface area contributed by atoms with Crippen LogP contribution < -0.4 is 10.9 Å². The van der Waals surface area contributed by atoms with Gasteiger partial charge in [0.05, 0.1) is 12.8 Å². The average molecular weight is 337 g/mol. The predicted octanol–water partition coefficient (Wildman–Crippen LogP) is 1.96. The molecule has 23 heavy (non-hydrogen) atoms. The molecule has 2 heterocycles. The maximum Gasteiger partial charge on any atom is 0.343 e. The first-order chi connectivity index (χ1) is 11.0. The molecule has 10 heteroatoms. The van der Waals surface area contributed by atoms with Crippen molar-refractivity contribution in [2.45, 2.75) is 13.5 Å². The summed E-state index contributed by atoms with van der Waals surface area (Å²) in [5.41, 5.74) is 7.08. The lowest BCUT2D eigenvalue weighted by Crippen LogP contribution is -2.34. The first-order valence-corrected chi connectivity index (χ1v) is 7.14. The zero-order valence-corrected chi connectivity index (χ0v) is 12.9. The number of anilines is 1. The highest BCUT2D eigenvalue weighted by molar-refractivity contribution is 6.30. The van der Waals surface area contributed by atoms with Gasteiger partial charge in [-0.3, -0.25) is 0 Å². The summed E-state index contributed by atoms with van der Waals surface area (Å²) in [6, 6.07) is 4.92. The number of hydrogen-bond donors (Lipinski definition) is 1. The van der Waals surface area contributed by atoms with Crippen molar-refractivity contribution in [2.24, 2.45) is 5.22 Å². The number of nitrogen functional groups attached to an aromatic ring is 1. The standard InChI is InChI=1S/C13H13ClN6O3/c1-2-23-13(21)10-6-16-19(12(10)15)18-7-8-3-4-9(14)5-11(8)20(22)17-18/h3-6H,2,7,15H2,1H3. The van der Waals surface area contributed by atoms with Gasteiger partial charge in [-0.05, 0) is 24.2 Å². The largest absolute Gasteiger partial charge is 0.691 e. The van der Waals surface area contributed by atoms with Crippen molar-refractivity contribution in [2.75, 3.05) is 17.5 Å². The van der Waals surface area contributed by atoms with E-state index in [0.717, 1.165) is 0 Å². The molecular formula is C13H13ClN6O3. The van der Waals surface area contributed by atoms with E-state index in [1.54, 1.807) is 19.1 Å². The number of benzene rings is 1. The molecule has 120 valence electrons. The van der Waals surface area contributed by atoms with Crippen molar-refractivity contribution in [1.82, 2.24) is 9.89 Å². The lowest BCUT2D eigenvalue weighted by atomic mass is 10.2. The highest BCUT2D eigenvalue weighted by Crippen LogP contribution is 2.28. The molecule has 0 unspecified atom stereocenters. The van der Waals surface area contributed by atoms with E-state index in [1.807, 2.05) is 0 Å². The number of nitrogens with zero attached hydrogens (tertiary/aromatic N) is 5. The number of ether oxygens (including phenoxy) is 1. The Morgan fingerprint density at radius 2 is 2.35 bits per heavy atom. The summed E-state index contributed by atoms with van der Waals surface area (Å²) < 4.78 is 4.89. The number of aromatic nitrogens is 2. The Labute approximate surface area is 136 Å². The van der Waals surface area contributed by atoms with Gasteiger partial charge >= 0.3 is 5.97 Å². The van der Waals surface area contributed by atoms with Gasteiger partial charge < -0.3 is 15.7 Å². The van der Waals surface area contributed by atoms with E-state index in [-0.39, 0.29) is 24.5 Å². The van der Waals surface area contributed by atoms with Gasteiger partial charge in [-0.2, -0.15) is 0 Å². The normalized spacial score (nSPS) is 13.5. The minimum atomic E-state index is -0.584. The van der Waals surface area contributed by atoms with Crippen LogP contribution in [0.15, 0.2) is 29.6 Å². The molecule has 2 aromatic rings. The van der Waals surface area contributed by atoms with Gasteiger partial charge in [-0.25, -0.2) is 4.79 Å². The second kappa shape index (κ2) is 5.76. The molecule has 0 radical (unpaired) electrons. The maximum absolute atomic E-state index is 12.1. The van der Waals surface area contributed by atoms with Crippen LogP contribution in [0.2, 0.25) is 5.02 Å². The first kappa shape index (κ1) is 15.1. The summed E-state index contributed by atoms with van der Waals surface area (Å²) in [5.74, 6) is -0.544. The molecule has 0 fully saturated rings. The topological polar surface area (TPSA) is 112 Å². The second-order valence-corrected chi connectivity index (χ2v) is 5.16. The molecule has 1 aliphatic rings. The SMILES string of the molecule is CCOC(=O)c1cnn(N2Cc3ccc(Cl)cc3[N+]([O-])=N2)c1N. The monoisotopic (exact) mass is 336 g/mol. The van der Waals surface area contributed by atoms with Gasteiger partial charge in [0.1, 0.15) is 10.8 Å². The van der Waals surface area contributed by atoms with Gasteiger partial charge in [-0.1, -0.05) is 16.4 Å². The van der Waals surface area contributed by atoms with Crippen LogP contribution in [-0.4, -0.2) is 27.3 Å². The van der Waals surface area contributed by atoms with Gasteiger partial charge in [0.15, 0.2) is 18.1 Å². The number of fused-ring (bicyclic) bond motifs is 1. The zero-order chi connectivity index (χ0) is 16.6. The molecule has 0 bridgehead atoms. The summed E-state index contributed by atoms with van der Waals surface area (Å²) in [6.07, 6.45) is 1.27. The average Bonchev–Trinajstić information content (AvgIpc) is 2.90. The van der Waals surface area contributed by atoms with E-state index in [9.17, 15) is 10.0 Å². The van der Waals surface area contributed by atoms with Crippen LogP contribution in [0.5, 0.6) is 0 Å². The van der Waals surface area contributed by atoms with Crippen LogP contribution in [-0.2, 0) is 11.3 Å². The Balaban J connectivity index is 1.94. The highest BCUT2D eigenvalue weighted by Gasteiger charge is 2.28. The van der Waals surface area contributed by atoms with Crippen LogP contribution in [0, 0.1) is 5.21 Å². The summed E-state index contributed by atoms with van der Waals surface area (Å²) in [6.45, 7) is 2.16. The fraction of sp³-hybridized carbons (Fsp3) is 0.231. The molecule has 0 saturated heterocycles. The third kappa shape index (κ3) is 2.66. The number of rotatable bonds is 3. The highest BCUT2D eigenvalue weighted by atomic mass is 35.5. The van der Waals surface area contributed by atoms with E-state index in [0.29, 0.717) is 21.1 Å². The summed E-state index contributed by atoms with van der Waals surface area (Å²) in [5, 5.41) is 21.6. The van der Waals surface area contributed by atoms with Gasteiger partial charge in [0, 0.05) is 16.7 Å². The van der Waals surface area contributed by atoms with Crippen LogP contribution in [0.3, 0.4) is 0 Å². The summed E-state index contributed by atoms with van der Waals surface area (Å²) in [4.78, 5) is 13.4. The van der Waals surface area contributed by atoms with E-state index >= 15 is 0 Å². The van der Waals surface area contributed by atoms with Gasteiger partial charge in [-0.15, -0.1) is 9.96 Å². The number of carbonyl (C=O) groups is 1. The summed E-state index contributed by atoms with van der Waals surface area (Å²) >= 11 is 5.88. The molecule has 0 spiro atoms. The third-order valence-corrected chi connectivity index (χ3v) is 3.49. The Morgan fingerprint density at radius 3 is 3.09 bits per heavy atom. The van der Waals surface area contributed by atoms with Gasteiger partial charge in [0.25, 0.3) is 0 Å². The number of carbonyl (C=O) groups excluding carboxylic acids is 1. The first-order valence-electron chi connectivity index (χ1n) is 6.77. The molecule has 3 rings (SSSR count). The molecule has 0 atom stereocenters. The second-order valence-electron chi connectivity index (χ2n) is 4.72. The minimum absolute atomic E-state index is 0.0398. The lowest BCUT2D eigenvalue weighted by molar-refractivity contribution is -0.450. The smallest absolute Gasteiger partial charge is 0.343 e. The lowest BCUT2D eigenvalue weighted by Gasteiger charge is -2.20. The van der Waals surface area contributed by atoms with Crippen molar-refractivity contribution in [3.05, 3.63) is 45.8 Å². The number of hydrogen-bond acceptors (Lipinski definition) is 7. The van der Waals surface area contributed by atoms with Crippen molar-refractivity contribution < 1.29 is 14.4 Å². The Morgan fingerprint density at radius 1 is 1.57 bits per heavy atom. The molecule has 1 aromatic heterocycles. The van der Waals surface area contributed by atoms with E-state index in [1.165, 1.54) is 22.2 Å². The van der Waals surface area contributed by atoms with Crippen LogP contribution >= 0.6 is 11.6 Å². The predicted molar refractivity (Wildman–Crippen MR) is 81.7 cm³/mol. The zero-order valence-electron chi connectivity index (χ0n) is 12.1. The molecule has 1 aliphatic heterocycles. The third-order valence-electron chi connectivity index (χ3n) is 3.25. The minimum Gasteiger partial charge on any atom is -0.691 e. The Hall–Kier alpha value is -2.81. The molecule has 1 aromatic carbocycles. The van der Waals surface area contributed by atoms with E-state index < -0.39 is 5.97 Å². The Bertz CT molecular complexity index is 803. The van der Waals surface area contributed by atoms with Crippen LogP contribution in [0.4, 0.5) is 11.5 Å². The molecule has 0 amide bonds. The molecule has 2 N–H and O–H groups in total. The number of esters is 1. The van der Waals surface area contributed by atoms with Crippen molar-refractivity contribution in [1.29, 1.82) is 0 Å². The maximum atomic E-state index is 12.1. The van der Waals surface area contributed by atoms with Crippen molar-refractivity contribution >= 4 is 29.1 Å². The fourth-order valence-corrected chi connectivity index (χ4v) is 2.34. The van der Waals surface area contributed by atoms with Crippen molar-refractivity contribution in [3.63, 3.8) is 0 Å². The summed E-state index contributed by atoms with van der Waals surface area (Å²) in [7, 11) is 0. The van der Waals surface area contributed by atoms with Crippen LogP contribution in [0.1, 0.15) is 22.8 Å². The Kier molecular flexibility index (Phi) is 3.78. The molecule has 0 saturated carbocycles. The molecular weight excluding hydrogens is 324 g/mol. The van der Waals surface area contributed by atoms with E-state index in [4.69, 9.17) is 22.1 Å². The number of halogens is 1.